The van der Waals surface area contributed by atoms with Crippen molar-refractivity contribution >= 4 is 41.2 Å². The third-order valence-corrected chi connectivity index (χ3v) is 8.58. The number of nitrogens with zero attached hydrogens (tertiary/aromatic N) is 2. The second kappa shape index (κ2) is 20.9. The smallest absolute Gasteiger partial charge is 0.320 e. The van der Waals surface area contributed by atoms with Crippen LogP contribution < -0.4 is 0 Å². The summed E-state index contributed by atoms with van der Waals surface area (Å²) in [4.78, 5) is 90.9. The molecule has 0 fully saturated rings. The molecule has 0 bridgehead atoms. The van der Waals surface area contributed by atoms with Crippen LogP contribution in [0.5, 0.6) is 0 Å². The Kier molecular flexibility index (Phi) is 16.9. The minimum Gasteiger partial charge on any atom is -0.480 e. The fraction of sp³-hybridized carbons (Fsp3) is 0.419. The molecule has 0 aliphatic rings. The van der Waals surface area contributed by atoms with Crippen molar-refractivity contribution in [3.05, 3.63) is 106 Å². The largest absolute Gasteiger partial charge is 0.480 e. The van der Waals surface area contributed by atoms with Gasteiger partial charge in [-0.15, -0.1) is 0 Å². The molecule has 3 aromatic carbocycles. The Balaban J connectivity index is 1.71. The number of aliphatic hydroxyl groups is 3. The lowest BCUT2D eigenvalue weighted by Gasteiger charge is -2.25. The van der Waals surface area contributed by atoms with Crippen molar-refractivity contribution in [2.45, 2.75) is 78.2 Å². The highest BCUT2D eigenvalue weighted by atomic mass is 16.5. The van der Waals surface area contributed by atoms with Crippen molar-refractivity contribution in [2.24, 2.45) is 0 Å². The molecule has 16 nitrogen and oxygen atoms in total. The van der Waals surface area contributed by atoms with Crippen LogP contribution in [0.4, 0.5) is 0 Å². The first-order valence-electron chi connectivity index (χ1n) is 18.6. The van der Waals surface area contributed by atoms with Gasteiger partial charge in [-0.1, -0.05) is 54.6 Å². The number of esters is 3. The molecule has 59 heavy (non-hydrogen) atoms. The van der Waals surface area contributed by atoms with E-state index in [0.717, 1.165) is 0 Å². The van der Waals surface area contributed by atoms with Gasteiger partial charge < -0.3 is 34.6 Å². The Morgan fingerprint density at radius 1 is 0.475 bits per heavy atom. The number of aliphatic carboxylic acids is 1. The summed E-state index contributed by atoms with van der Waals surface area (Å²) in [5.41, 5.74) is -2.90. The molecule has 3 aromatic rings. The quantitative estimate of drug-likeness (QED) is 0.0612. The maximum atomic E-state index is 13.1. The van der Waals surface area contributed by atoms with Crippen molar-refractivity contribution < 1.29 is 68.2 Å². The molecular weight excluding hydrogens is 768 g/mol. The summed E-state index contributed by atoms with van der Waals surface area (Å²) in [6.07, 6.45) is 0. The predicted octanol–water partition coefficient (Wildman–Crippen LogP) is 2.77. The number of carbonyl (C=O) groups excluding carboxylic acids is 6. The molecule has 0 saturated carbocycles. The first kappa shape index (κ1) is 47.7. The lowest BCUT2D eigenvalue weighted by atomic mass is 9.96. The Bertz CT molecular complexity index is 1920. The van der Waals surface area contributed by atoms with Crippen molar-refractivity contribution in [3.8, 4) is 0 Å². The molecule has 3 rings (SSSR count). The molecule has 0 aromatic heterocycles. The Labute approximate surface area is 342 Å². The zero-order valence-electron chi connectivity index (χ0n) is 34.1. The number of ketones is 3. The van der Waals surface area contributed by atoms with E-state index in [1.807, 2.05) is 0 Å². The van der Waals surface area contributed by atoms with E-state index in [9.17, 15) is 54.0 Å². The summed E-state index contributed by atoms with van der Waals surface area (Å²) in [5.74, 6) is -5.24. The number of carbonyl (C=O) groups is 7. The molecule has 0 aliphatic carbocycles. The van der Waals surface area contributed by atoms with Crippen LogP contribution in [0.15, 0.2) is 72.8 Å². The fourth-order valence-electron chi connectivity index (χ4n) is 5.55. The zero-order valence-corrected chi connectivity index (χ0v) is 34.1. The van der Waals surface area contributed by atoms with Crippen LogP contribution in [-0.4, -0.2) is 128 Å². The van der Waals surface area contributed by atoms with Crippen molar-refractivity contribution in [3.63, 3.8) is 0 Å². The van der Waals surface area contributed by atoms with Crippen LogP contribution in [0.25, 0.3) is 0 Å². The minimum atomic E-state index is -1.63. The van der Waals surface area contributed by atoms with Gasteiger partial charge in [-0.3, -0.25) is 43.4 Å². The van der Waals surface area contributed by atoms with E-state index in [1.54, 1.807) is 36.4 Å². The molecule has 0 unspecified atom stereocenters. The maximum absolute atomic E-state index is 13.1. The minimum absolute atomic E-state index is 0.128. The topological polar surface area (TPSA) is 235 Å². The van der Waals surface area contributed by atoms with Gasteiger partial charge in [0, 0.05) is 29.8 Å². The second-order valence-corrected chi connectivity index (χ2v) is 15.6. The monoisotopic (exact) mass is 820 g/mol. The molecule has 0 saturated heterocycles. The van der Waals surface area contributed by atoms with Crippen LogP contribution in [-0.2, 0) is 53.2 Å². The molecule has 0 radical (unpaired) electrons. The Hall–Kier alpha value is -5.65. The van der Waals surface area contributed by atoms with E-state index in [4.69, 9.17) is 14.2 Å². The van der Waals surface area contributed by atoms with Gasteiger partial charge in [0.1, 0.15) is 36.6 Å². The zero-order chi connectivity index (χ0) is 44.1. The van der Waals surface area contributed by atoms with Crippen LogP contribution in [0.3, 0.4) is 0 Å². The second-order valence-electron chi connectivity index (χ2n) is 15.6. The molecular formula is C43H52N2O14. The third-order valence-electron chi connectivity index (χ3n) is 8.58. The summed E-state index contributed by atoms with van der Waals surface area (Å²) in [6.45, 7) is 5.03. The number of rotatable bonds is 23. The Morgan fingerprint density at radius 2 is 0.746 bits per heavy atom. The number of hydrogen-bond donors (Lipinski definition) is 4. The standard InChI is InChI=1S/C43H52N2O14/c1-41(2,54)38(51)31-13-7-10-28(18-31)25-57-35(48)22-44(21-34(46)47)16-17-45(23-36(49)58-26-29-11-8-14-32(19-29)39(52)42(3,4)55)24-37(50)59-27-30-12-9-15-33(20-30)40(53)43(5,6)56/h7-15,18-20,54-56H,16-17,21-27H2,1-6H3,(H,46,47). The summed E-state index contributed by atoms with van der Waals surface area (Å²) in [6, 6.07) is 18.5. The van der Waals surface area contributed by atoms with Crippen LogP contribution >= 0.6 is 0 Å². The number of carboxylic acid groups (broad SMARTS) is 1. The van der Waals surface area contributed by atoms with Crippen LogP contribution in [0.2, 0.25) is 0 Å². The third kappa shape index (κ3) is 16.3. The number of Topliss-reactive ketones (excluding diaryl/α,β-unsaturated/α-hetero) is 3. The average Bonchev–Trinajstić information content (AvgIpc) is 3.15. The van der Waals surface area contributed by atoms with E-state index in [0.29, 0.717) is 16.7 Å². The van der Waals surface area contributed by atoms with E-state index in [2.05, 4.69) is 0 Å². The predicted molar refractivity (Wildman–Crippen MR) is 211 cm³/mol. The van der Waals surface area contributed by atoms with Crippen LogP contribution in [0.1, 0.15) is 89.3 Å². The SMILES string of the molecule is CC(C)(O)C(=O)c1cccc(COC(=O)CN(CCN(CC(=O)OCc2cccc(C(=O)C(C)(C)O)c2)CC(=O)OCc2cccc(C(=O)C(C)(C)O)c2)CC(=O)O)c1. The number of benzene rings is 3. The molecule has 0 aliphatic heterocycles. The maximum Gasteiger partial charge on any atom is 0.320 e. The van der Waals surface area contributed by atoms with E-state index < -0.39 is 84.2 Å². The van der Waals surface area contributed by atoms with E-state index in [1.165, 1.54) is 87.7 Å². The Morgan fingerprint density at radius 3 is 1.00 bits per heavy atom. The average molecular weight is 821 g/mol. The summed E-state index contributed by atoms with van der Waals surface area (Å²) < 4.78 is 16.2. The van der Waals surface area contributed by atoms with Crippen molar-refractivity contribution in [1.82, 2.24) is 9.80 Å². The van der Waals surface area contributed by atoms with Gasteiger partial charge in [0.25, 0.3) is 0 Å². The summed E-state index contributed by atoms with van der Waals surface area (Å²) in [5, 5.41) is 39.9. The molecule has 318 valence electrons. The molecule has 0 amide bonds. The van der Waals surface area contributed by atoms with E-state index >= 15 is 0 Å². The highest BCUT2D eigenvalue weighted by molar-refractivity contribution is 6.03. The van der Waals surface area contributed by atoms with Gasteiger partial charge in [0.05, 0.1) is 26.2 Å². The van der Waals surface area contributed by atoms with Gasteiger partial charge in [-0.05, 0) is 76.4 Å². The van der Waals surface area contributed by atoms with Crippen LogP contribution in [0, 0.1) is 0 Å². The number of carboxylic acids is 1. The lowest BCUT2D eigenvalue weighted by Crippen LogP contribution is -2.44. The summed E-state index contributed by atoms with van der Waals surface area (Å²) >= 11 is 0. The lowest BCUT2D eigenvalue weighted by molar-refractivity contribution is -0.152. The normalized spacial score (nSPS) is 11.9. The van der Waals surface area contributed by atoms with Gasteiger partial charge >= 0.3 is 23.9 Å². The number of hydrogen-bond acceptors (Lipinski definition) is 15. The van der Waals surface area contributed by atoms with E-state index in [-0.39, 0.29) is 49.6 Å². The first-order chi connectivity index (χ1) is 27.4. The van der Waals surface area contributed by atoms with Gasteiger partial charge in [-0.25, -0.2) is 0 Å². The number of ether oxygens (including phenoxy) is 3. The molecule has 16 heteroatoms. The molecule has 0 atom stereocenters. The van der Waals surface area contributed by atoms with Crippen molar-refractivity contribution in [2.75, 3.05) is 39.3 Å². The first-order valence-corrected chi connectivity index (χ1v) is 18.6. The highest BCUT2D eigenvalue weighted by Crippen LogP contribution is 2.18. The van der Waals surface area contributed by atoms with Gasteiger partial charge in [-0.2, -0.15) is 0 Å². The molecule has 0 heterocycles. The summed E-state index contributed by atoms with van der Waals surface area (Å²) in [7, 11) is 0. The van der Waals surface area contributed by atoms with Gasteiger partial charge in [0.15, 0.2) is 17.3 Å². The molecule has 0 spiro atoms. The van der Waals surface area contributed by atoms with Gasteiger partial charge in [0.2, 0.25) is 0 Å². The molecule has 4 N–H and O–H groups in total. The fourth-order valence-corrected chi connectivity index (χ4v) is 5.55. The van der Waals surface area contributed by atoms with Crippen molar-refractivity contribution in [1.29, 1.82) is 0 Å². The highest BCUT2D eigenvalue weighted by Gasteiger charge is 2.28.